The van der Waals surface area contributed by atoms with E-state index in [9.17, 15) is 4.79 Å². The molecule has 0 saturated carbocycles. The van der Waals surface area contributed by atoms with E-state index < -0.39 is 0 Å². The smallest absolute Gasteiger partial charge is 0.302 e. The van der Waals surface area contributed by atoms with Crippen molar-refractivity contribution in [3.8, 4) is 0 Å². The molecule has 14 heavy (non-hydrogen) atoms. The number of ether oxygens (including phenoxy) is 3. The van der Waals surface area contributed by atoms with Gasteiger partial charge in [0.15, 0.2) is 0 Å². The van der Waals surface area contributed by atoms with Gasteiger partial charge in [-0.1, -0.05) is 6.58 Å². The Morgan fingerprint density at radius 1 is 1.50 bits per heavy atom. The Morgan fingerprint density at radius 2 is 2.14 bits per heavy atom. The Kier molecular flexibility index (Phi) is 6.28. The monoisotopic (exact) mass is 200 g/mol. The first-order valence-electron chi connectivity index (χ1n) is 4.29. The van der Waals surface area contributed by atoms with Gasteiger partial charge in [0.25, 0.3) is 0 Å². The van der Waals surface area contributed by atoms with Crippen molar-refractivity contribution in [3.05, 3.63) is 24.9 Å². The minimum Gasteiger partial charge on any atom is -0.489 e. The van der Waals surface area contributed by atoms with Crippen LogP contribution in [-0.2, 0) is 19.0 Å². The lowest BCUT2D eigenvalue weighted by atomic mass is 10.4. The fraction of sp³-hybridized carbons (Fsp3) is 0.500. The fourth-order valence-electron chi connectivity index (χ4n) is 0.758. The highest BCUT2D eigenvalue weighted by atomic mass is 16.6. The summed E-state index contributed by atoms with van der Waals surface area (Å²) in [6.07, 6.45) is 2.53. The van der Waals surface area contributed by atoms with E-state index in [1.54, 1.807) is 13.8 Å². The van der Waals surface area contributed by atoms with E-state index in [4.69, 9.17) is 14.2 Å². The van der Waals surface area contributed by atoms with Crippen molar-refractivity contribution in [1.82, 2.24) is 0 Å². The number of carbonyl (C=O) groups is 1. The number of hydrogen-bond acceptors (Lipinski definition) is 4. The van der Waals surface area contributed by atoms with Gasteiger partial charge in [-0.3, -0.25) is 4.79 Å². The fourth-order valence-corrected chi connectivity index (χ4v) is 0.758. The molecule has 0 bridgehead atoms. The summed E-state index contributed by atoms with van der Waals surface area (Å²) in [4.78, 5) is 10.5. The molecule has 0 aromatic carbocycles. The van der Waals surface area contributed by atoms with Gasteiger partial charge in [-0.2, -0.15) is 0 Å². The molecule has 80 valence electrons. The molecule has 0 aliphatic rings. The number of allylic oxidation sites excluding steroid dienone is 1. The average molecular weight is 200 g/mol. The molecule has 1 atom stereocenters. The van der Waals surface area contributed by atoms with Crippen molar-refractivity contribution >= 4 is 5.97 Å². The highest BCUT2D eigenvalue weighted by Gasteiger charge is 2.05. The van der Waals surface area contributed by atoms with Crippen LogP contribution in [0, 0.1) is 0 Å². The third-order valence-corrected chi connectivity index (χ3v) is 1.24. The third kappa shape index (κ3) is 7.21. The summed E-state index contributed by atoms with van der Waals surface area (Å²) < 4.78 is 14.9. The number of carbonyl (C=O) groups excluding carboxylic acids is 1. The highest BCUT2D eigenvalue weighted by molar-refractivity contribution is 5.65. The maximum Gasteiger partial charge on any atom is 0.302 e. The second-order valence-electron chi connectivity index (χ2n) is 2.76. The van der Waals surface area contributed by atoms with Crippen LogP contribution in [0.5, 0.6) is 0 Å². The van der Waals surface area contributed by atoms with Crippen LogP contribution in [0.3, 0.4) is 0 Å². The van der Waals surface area contributed by atoms with E-state index in [1.165, 1.54) is 19.4 Å². The highest BCUT2D eigenvalue weighted by Crippen LogP contribution is 2.02. The summed E-state index contributed by atoms with van der Waals surface area (Å²) in [5, 5.41) is 0. The Morgan fingerprint density at radius 3 is 2.64 bits per heavy atom. The molecular weight excluding hydrogens is 184 g/mol. The molecule has 0 rings (SSSR count). The largest absolute Gasteiger partial charge is 0.489 e. The predicted octanol–water partition coefficient (Wildman–Crippen LogP) is 1.98. The van der Waals surface area contributed by atoms with E-state index >= 15 is 0 Å². The van der Waals surface area contributed by atoms with Gasteiger partial charge < -0.3 is 14.2 Å². The first-order chi connectivity index (χ1) is 6.56. The van der Waals surface area contributed by atoms with Crippen LogP contribution in [0.2, 0.25) is 0 Å². The van der Waals surface area contributed by atoms with Crippen LogP contribution in [0.15, 0.2) is 24.9 Å². The van der Waals surface area contributed by atoms with Crippen LogP contribution in [0.4, 0.5) is 0 Å². The molecule has 0 aliphatic heterocycles. The summed E-state index contributed by atoms with van der Waals surface area (Å²) in [6, 6.07) is 0. The molecule has 1 unspecified atom stereocenters. The summed E-state index contributed by atoms with van der Waals surface area (Å²) in [7, 11) is 0. The third-order valence-electron chi connectivity index (χ3n) is 1.24. The molecule has 4 heteroatoms. The first-order valence-corrected chi connectivity index (χ1v) is 4.29. The van der Waals surface area contributed by atoms with Crippen LogP contribution in [-0.4, -0.2) is 18.7 Å². The van der Waals surface area contributed by atoms with Gasteiger partial charge in [0, 0.05) is 6.92 Å². The minimum atomic E-state index is -0.315. The predicted molar refractivity (Wildman–Crippen MR) is 52.2 cm³/mol. The van der Waals surface area contributed by atoms with Crippen molar-refractivity contribution in [1.29, 1.82) is 0 Å². The van der Waals surface area contributed by atoms with Gasteiger partial charge in [0.1, 0.15) is 24.7 Å². The van der Waals surface area contributed by atoms with E-state index in [0.29, 0.717) is 5.76 Å². The molecule has 0 radical (unpaired) electrons. The second kappa shape index (κ2) is 7.00. The normalized spacial score (nSPS) is 12.9. The van der Waals surface area contributed by atoms with Gasteiger partial charge in [-0.15, -0.1) is 0 Å². The maximum atomic E-state index is 10.5. The number of esters is 1. The lowest BCUT2D eigenvalue weighted by Crippen LogP contribution is -2.17. The summed E-state index contributed by atoms with van der Waals surface area (Å²) in [6.45, 7) is 8.51. The zero-order valence-electron chi connectivity index (χ0n) is 8.78. The first kappa shape index (κ1) is 12.6. The minimum absolute atomic E-state index is 0.191. The zero-order chi connectivity index (χ0) is 11.0. The molecular formula is C10H16O4. The lowest BCUT2D eigenvalue weighted by Gasteiger charge is -2.14. The molecule has 0 N–H and O–H groups in total. The van der Waals surface area contributed by atoms with Crippen LogP contribution in [0.1, 0.15) is 20.8 Å². The molecule has 4 nitrogen and oxygen atoms in total. The average Bonchev–Trinajstić information content (AvgIpc) is 2.11. The molecule has 0 fully saturated rings. The quantitative estimate of drug-likeness (QED) is 0.485. The van der Waals surface area contributed by atoms with Crippen molar-refractivity contribution in [2.24, 2.45) is 0 Å². The standard InChI is InChI=1S/C10H16O4/c1-5-12-6-8(2)14-9(3)7-13-10(4)11/h5-6,9H,1,7H2,2-4H3. The Labute approximate surface area is 84.1 Å². The van der Waals surface area contributed by atoms with E-state index in [-0.39, 0.29) is 18.7 Å². The molecule has 0 heterocycles. The lowest BCUT2D eigenvalue weighted by molar-refractivity contribution is -0.143. The topological polar surface area (TPSA) is 44.8 Å². The van der Waals surface area contributed by atoms with Crippen molar-refractivity contribution in [2.75, 3.05) is 6.61 Å². The number of rotatable bonds is 6. The van der Waals surface area contributed by atoms with Gasteiger partial charge >= 0.3 is 5.97 Å². The van der Waals surface area contributed by atoms with Crippen molar-refractivity contribution in [2.45, 2.75) is 26.9 Å². The van der Waals surface area contributed by atoms with Crippen LogP contribution in [0.25, 0.3) is 0 Å². The van der Waals surface area contributed by atoms with Gasteiger partial charge in [0.05, 0.1) is 6.26 Å². The Bertz CT molecular complexity index is 220. The van der Waals surface area contributed by atoms with Crippen molar-refractivity contribution < 1.29 is 19.0 Å². The van der Waals surface area contributed by atoms with Gasteiger partial charge in [-0.25, -0.2) is 0 Å². The van der Waals surface area contributed by atoms with E-state index in [2.05, 4.69) is 6.58 Å². The molecule has 0 amide bonds. The number of hydrogen-bond donors (Lipinski definition) is 0. The summed E-state index contributed by atoms with van der Waals surface area (Å²) in [5.74, 6) is 0.286. The summed E-state index contributed by atoms with van der Waals surface area (Å²) >= 11 is 0. The van der Waals surface area contributed by atoms with Crippen LogP contribution >= 0.6 is 0 Å². The maximum absolute atomic E-state index is 10.5. The van der Waals surface area contributed by atoms with Gasteiger partial charge in [-0.05, 0) is 13.8 Å². The van der Waals surface area contributed by atoms with Crippen molar-refractivity contribution in [3.63, 3.8) is 0 Å². The molecule has 0 spiro atoms. The van der Waals surface area contributed by atoms with E-state index in [0.717, 1.165) is 0 Å². The Balaban J connectivity index is 3.75. The Hall–Kier alpha value is -1.45. The zero-order valence-corrected chi connectivity index (χ0v) is 8.78. The van der Waals surface area contributed by atoms with Crippen LogP contribution < -0.4 is 0 Å². The van der Waals surface area contributed by atoms with E-state index in [1.807, 2.05) is 0 Å². The molecule has 0 saturated heterocycles. The second-order valence-corrected chi connectivity index (χ2v) is 2.76. The molecule has 0 aromatic rings. The SMILES string of the molecule is C=COC=C(C)OC(C)COC(C)=O. The molecule has 0 aromatic heterocycles. The molecule has 0 aliphatic carbocycles. The summed E-state index contributed by atoms with van der Waals surface area (Å²) in [5.41, 5.74) is 0. The van der Waals surface area contributed by atoms with Gasteiger partial charge in [0.2, 0.25) is 0 Å².